The Hall–Kier alpha value is -2.54. The lowest BCUT2D eigenvalue weighted by Crippen LogP contribution is -2.22. The van der Waals surface area contributed by atoms with Gasteiger partial charge in [0.25, 0.3) is 0 Å². The van der Waals surface area contributed by atoms with Gasteiger partial charge in [-0.25, -0.2) is 4.99 Å². The van der Waals surface area contributed by atoms with Crippen molar-refractivity contribution >= 4 is 23.2 Å². The minimum Gasteiger partial charge on any atom is -0.495 e. The van der Waals surface area contributed by atoms with Crippen LogP contribution in [0, 0.1) is 0 Å². The summed E-state index contributed by atoms with van der Waals surface area (Å²) in [4.78, 5) is 4.15. The number of anilines is 1. The second kappa shape index (κ2) is 8.35. The predicted octanol–water partition coefficient (Wildman–Crippen LogP) is 3.88. The molecule has 0 aliphatic rings. The topological polar surface area (TPSA) is 68.9 Å². The van der Waals surface area contributed by atoms with E-state index in [0.717, 1.165) is 0 Å². The van der Waals surface area contributed by atoms with Crippen LogP contribution in [-0.2, 0) is 6.54 Å². The number of halogens is 3. The molecule has 3 N–H and O–H groups in total. The summed E-state index contributed by atoms with van der Waals surface area (Å²) in [5, 5.41) is 3.32. The Labute approximate surface area is 143 Å². The first-order valence-electron chi connectivity index (χ1n) is 6.92. The molecule has 0 saturated heterocycles. The van der Waals surface area contributed by atoms with Crippen molar-refractivity contribution in [3.05, 3.63) is 53.1 Å². The summed E-state index contributed by atoms with van der Waals surface area (Å²) in [6.45, 7) is -2.65. The van der Waals surface area contributed by atoms with Gasteiger partial charge in [0.05, 0.1) is 18.7 Å². The van der Waals surface area contributed by atoms with Crippen LogP contribution in [0.2, 0.25) is 5.02 Å². The second-order valence-electron chi connectivity index (χ2n) is 4.70. The molecule has 0 bridgehead atoms. The number of hydrogen-bond acceptors (Lipinski definition) is 3. The maximum atomic E-state index is 12.2. The summed E-state index contributed by atoms with van der Waals surface area (Å²) in [6, 6.07) is 11.4. The first-order chi connectivity index (χ1) is 11.5. The molecule has 0 heterocycles. The maximum absolute atomic E-state index is 12.2. The summed E-state index contributed by atoms with van der Waals surface area (Å²) >= 11 is 6.02. The third-order valence-electron chi connectivity index (χ3n) is 2.98. The van der Waals surface area contributed by atoms with Crippen molar-refractivity contribution in [3.63, 3.8) is 0 Å². The lowest BCUT2D eigenvalue weighted by Gasteiger charge is -2.09. The molecular weight excluding hydrogens is 340 g/mol. The van der Waals surface area contributed by atoms with E-state index >= 15 is 0 Å². The molecule has 0 spiro atoms. The highest BCUT2D eigenvalue weighted by atomic mass is 35.5. The van der Waals surface area contributed by atoms with Gasteiger partial charge in [0.2, 0.25) is 0 Å². The summed E-state index contributed by atoms with van der Waals surface area (Å²) in [7, 11) is 1.52. The predicted molar refractivity (Wildman–Crippen MR) is 90.0 cm³/mol. The van der Waals surface area contributed by atoms with Crippen molar-refractivity contribution in [3.8, 4) is 11.5 Å². The molecule has 2 rings (SSSR count). The van der Waals surface area contributed by atoms with E-state index in [1.54, 1.807) is 30.3 Å². The number of guanidine groups is 1. The smallest absolute Gasteiger partial charge is 0.387 e. The van der Waals surface area contributed by atoms with Crippen molar-refractivity contribution in [2.75, 3.05) is 12.4 Å². The molecule has 0 fully saturated rings. The molecule has 0 aliphatic carbocycles. The zero-order valence-electron chi connectivity index (χ0n) is 12.8. The number of alkyl halides is 2. The zero-order chi connectivity index (χ0) is 17.5. The molecule has 24 heavy (non-hydrogen) atoms. The van der Waals surface area contributed by atoms with Crippen molar-refractivity contribution in [1.82, 2.24) is 0 Å². The van der Waals surface area contributed by atoms with Crippen LogP contribution in [0.5, 0.6) is 11.5 Å². The Kier molecular flexibility index (Phi) is 6.20. The van der Waals surface area contributed by atoms with Gasteiger partial charge in [0.1, 0.15) is 11.5 Å². The minimum atomic E-state index is -2.87. The molecule has 128 valence electrons. The van der Waals surface area contributed by atoms with Gasteiger partial charge in [0.15, 0.2) is 5.96 Å². The lowest BCUT2D eigenvalue weighted by atomic mass is 10.2. The number of ether oxygens (including phenoxy) is 2. The highest BCUT2D eigenvalue weighted by Gasteiger charge is 2.05. The molecule has 0 amide bonds. The zero-order valence-corrected chi connectivity index (χ0v) is 13.6. The number of nitrogens with one attached hydrogen (secondary N) is 1. The highest BCUT2D eigenvalue weighted by molar-refractivity contribution is 6.32. The molecule has 0 unspecified atom stereocenters. The van der Waals surface area contributed by atoms with Gasteiger partial charge in [-0.2, -0.15) is 8.78 Å². The molecule has 0 radical (unpaired) electrons. The van der Waals surface area contributed by atoms with Crippen molar-refractivity contribution in [2.24, 2.45) is 10.7 Å². The molecule has 0 aliphatic heterocycles. The first-order valence-corrected chi connectivity index (χ1v) is 7.30. The lowest BCUT2D eigenvalue weighted by molar-refractivity contribution is -0.0498. The Bertz CT molecular complexity index is 726. The third-order valence-corrected chi connectivity index (χ3v) is 3.28. The summed E-state index contributed by atoms with van der Waals surface area (Å²) < 4.78 is 33.8. The van der Waals surface area contributed by atoms with E-state index in [0.29, 0.717) is 22.0 Å². The molecule has 0 saturated carbocycles. The fraction of sp³-hybridized carbons (Fsp3) is 0.188. The SMILES string of the molecule is COc1ccc(NC(N)=NCc2cccc(OC(F)F)c2)cc1Cl. The van der Waals surface area contributed by atoms with Crippen molar-refractivity contribution in [2.45, 2.75) is 13.2 Å². The summed E-state index contributed by atoms with van der Waals surface area (Å²) in [5.41, 5.74) is 7.14. The summed E-state index contributed by atoms with van der Waals surface area (Å²) in [6.07, 6.45) is 0. The van der Waals surface area contributed by atoms with Crippen LogP contribution < -0.4 is 20.5 Å². The van der Waals surface area contributed by atoms with Gasteiger partial charge < -0.3 is 20.5 Å². The largest absolute Gasteiger partial charge is 0.495 e. The van der Waals surface area contributed by atoms with Crippen molar-refractivity contribution in [1.29, 1.82) is 0 Å². The Balaban J connectivity index is 2.00. The molecule has 2 aromatic rings. The standard InChI is InChI=1S/C16H16ClF2N3O2/c1-23-14-6-5-11(8-13(14)17)22-16(20)21-9-10-3-2-4-12(7-10)24-15(18)19/h2-8,15H,9H2,1H3,(H3,20,21,22). The quantitative estimate of drug-likeness (QED) is 0.609. The Morgan fingerprint density at radius 1 is 1.29 bits per heavy atom. The maximum Gasteiger partial charge on any atom is 0.387 e. The monoisotopic (exact) mass is 355 g/mol. The Morgan fingerprint density at radius 3 is 2.75 bits per heavy atom. The Morgan fingerprint density at radius 2 is 2.08 bits per heavy atom. The average Bonchev–Trinajstić information content (AvgIpc) is 2.53. The first kappa shape index (κ1) is 17.8. The number of benzene rings is 2. The number of nitrogens with two attached hydrogens (primary N) is 1. The van der Waals surface area contributed by atoms with Gasteiger partial charge in [-0.05, 0) is 35.9 Å². The molecule has 5 nitrogen and oxygen atoms in total. The molecule has 0 atom stereocenters. The van der Waals surface area contributed by atoms with Crippen LogP contribution in [0.1, 0.15) is 5.56 Å². The van der Waals surface area contributed by atoms with E-state index in [1.165, 1.54) is 19.2 Å². The molecular formula is C16H16ClF2N3O2. The summed E-state index contributed by atoms with van der Waals surface area (Å²) in [5.74, 6) is 0.788. The van der Waals surface area contributed by atoms with Crippen LogP contribution in [0.25, 0.3) is 0 Å². The van der Waals surface area contributed by atoms with Crippen molar-refractivity contribution < 1.29 is 18.3 Å². The highest BCUT2D eigenvalue weighted by Crippen LogP contribution is 2.27. The minimum absolute atomic E-state index is 0.0752. The van der Waals surface area contributed by atoms with E-state index in [-0.39, 0.29) is 18.3 Å². The number of nitrogens with zero attached hydrogens (tertiary/aromatic N) is 1. The van der Waals surface area contributed by atoms with Crippen LogP contribution in [0.3, 0.4) is 0 Å². The number of methoxy groups -OCH3 is 1. The number of hydrogen-bond donors (Lipinski definition) is 2. The fourth-order valence-electron chi connectivity index (χ4n) is 1.93. The van der Waals surface area contributed by atoms with E-state index in [4.69, 9.17) is 22.1 Å². The van der Waals surface area contributed by atoms with Crippen LogP contribution in [0.4, 0.5) is 14.5 Å². The van der Waals surface area contributed by atoms with E-state index in [1.807, 2.05) is 0 Å². The van der Waals surface area contributed by atoms with E-state index in [2.05, 4.69) is 15.0 Å². The van der Waals surface area contributed by atoms with E-state index < -0.39 is 6.61 Å². The molecule has 0 aromatic heterocycles. The van der Waals surface area contributed by atoms with Crippen LogP contribution >= 0.6 is 11.6 Å². The number of aliphatic imine (C=N–C) groups is 1. The van der Waals surface area contributed by atoms with Crippen LogP contribution in [0.15, 0.2) is 47.5 Å². The van der Waals surface area contributed by atoms with E-state index in [9.17, 15) is 8.78 Å². The fourth-order valence-corrected chi connectivity index (χ4v) is 2.19. The normalized spacial score (nSPS) is 11.5. The third kappa shape index (κ3) is 5.27. The van der Waals surface area contributed by atoms with Gasteiger partial charge in [0, 0.05) is 5.69 Å². The molecule has 8 heteroatoms. The van der Waals surface area contributed by atoms with Gasteiger partial charge in [-0.15, -0.1) is 0 Å². The van der Waals surface area contributed by atoms with Crippen LogP contribution in [-0.4, -0.2) is 19.7 Å². The van der Waals surface area contributed by atoms with Gasteiger partial charge in [-0.1, -0.05) is 23.7 Å². The molecule has 2 aromatic carbocycles. The van der Waals surface area contributed by atoms with Gasteiger partial charge >= 0.3 is 6.61 Å². The van der Waals surface area contributed by atoms with Gasteiger partial charge in [-0.3, -0.25) is 0 Å². The average molecular weight is 356 g/mol. The second-order valence-corrected chi connectivity index (χ2v) is 5.11. The number of rotatable bonds is 6.